The molecule has 0 saturated carbocycles. The molecule has 0 spiro atoms. The summed E-state index contributed by atoms with van der Waals surface area (Å²) in [6, 6.07) is 0. The fraction of sp³-hybridized carbons (Fsp3) is 0.900. The fourth-order valence-electron chi connectivity index (χ4n) is 1.98. The van der Waals surface area contributed by atoms with Gasteiger partial charge in [0.1, 0.15) is 11.9 Å². The molecule has 1 atom stereocenters. The van der Waals surface area contributed by atoms with Crippen molar-refractivity contribution in [2.75, 3.05) is 32.9 Å². The van der Waals surface area contributed by atoms with E-state index in [1.54, 1.807) is 0 Å². The van der Waals surface area contributed by atoms with Gasteiger partial charge in [0.15, 0.2) is 0 Å². The molecular formula is C10H18N2O2. The summed E-state index contributed by atoms with van der Waals surface area (Å²) in [5.74, 6) is 0.615. The fourth-order valence-corrected chi connectivity index (χ4v) is 1.98. The lowest BCUT2D eigenvalue weighted by Crippen LogP contribution is -2.46. The van der Waals surface area contributed by atoms with E-state index in [9.17, 15) is 0 Å². The lowest BCUT2D eigenvalue weighted by Gasteiger charge is -2.34. The highest BCUT2D eigenvalue weighted by Gasteiger charge is 2.24. The van der Waals surface area contributed by atoms with E-state index in [0.717, 1.165) is 13.1 Å². The van der Waals surface area contributed by atoms with Crippen LogP contribution in [0.1, 0.15) is 19.3 Å². The second kappa shape index (κ2) is 4.75. The first-order valence-corrected chi connectivity index (χ1v) is 5.40. The Bertz CT molecular complexity index is 176. The van der Waals surface area contributed by atoms with Crippen molar-refractivity contribution in [3.63, 3.8) is 0 Å². The number of ether oxygens (including phenoxy) is 2. The third-order valence-corrected chi connectivity index (χ3v) is 2.82. The molecule has 0 aromatic heterocycles. The van der Waals surface area contributed by atoms with Gasteiger partial charge in [0, 0.05) is 13.1 Å². The highest BCUT2D eigenvalue weighted by molar-refractivity contribution is 5.84. The molecule has 0 radical (unpaired) electrons. The standard InChI is InChI=1S/C10H18N2O2/c11-10(9-8-13-6-7-14-9)12-4-2-1-3-5-12/h9,11H,1-8H2. The van der Waals surface area contributed by atoms with Gasteiger partial charge in [-0.1, -0.05) is 0 Å². The zero-order valence-corrected chi connectivity index (χ0v) is 8.50. The number of rotatable bonds is 1. The van der Waals surface area contributed by atoms with Crippen LogP contribution in [0.15, 0.2) is 0 Å². The van der Waals surface area contributed by atoms with E-state index in [2.05, 4.69) is 4.90 Å². The molecule has 2 rings (SSSR count). The van der Waals surface area contributed by atoms with Gasteiger partial charge in [-0.15, -0.1) is 0 Å². The molecule has 1 unspecified atom stereocenters. The third-order valence-electron chi connectivity index (χ3n) is 2.82. The molecule has 0 aliphatic carbocycles. The minimum absolute atomic E-state index is 0.123. The van der Waals surface area contributed by atoms with Crippen LogP contribution >= 0.6 is 0 Å². The summed E-state index contributed by atoms with van der Waals surface area (Å²) in [5, 5.41) is 8.00. The number of piperidine rings is 1. The van der Waals surface area contributed by atoms with Crippen LogP contribution in [0.25, 0.3) is 0 Å². The predicted molar refractivity (Wildman–Crippen MR) is 53.7 cm³/mol. The van der Waals surface area contributed by atoms with Gasteiger partial charge in [-0.3, -0.25) is 5.41 Å². The number of hydrogen-bond donors (Lipinski definition) is 1. The molecule has 0 aromatic rings. The van der Waals surface area contributed by atoms with E-state index < -0.39 is 0 Å². The van der Waals surface area contributed by atoms with Crippen LogP contribution in [0.5, 0.6) is 0 Å². The average Bonchev–Trinajstić information content (AvgIpc) is 2.30. The summed E-state index contributed by atoms with van der Waals surface area (Å²) in [7, 11) is 0. The normalized spacial score (nSPS) is 28.9. The van der Waals surface area contributed by atoms with Crippen molar-refractivity contribution < 1.29 is 9.47 Å². The number of likely N-dealkylation sites (tertiary alicyclic amines) is 1. The van der Waals surface area contributed by atoms with Gasteiger partial charge in [0.2, 0.25) is 0 Å². The van der Waals surface area contributed by atoms with E-state index in [1.807, 2.05) is 0 Å². The first-order chi connectivity index (χ1) is 6.88. The Labute approximate surface area is 84.7 Å². The molecule has 4 nitrogen and oxygen atoms in total. The van der Waals surface area contributed by atoms with Gasteiger partial charge in [-0.2, -0.15) is 0 Å². The van der Waals surface area contributed by atoms with Crippen LogP contribution in [-0.2, 0) is 9.47 Å². The van der Waals surface area contributed by atoms with Crippen molar-refractivity contribution in [1.82, 2.24) is 4.90 Å². The Morgan fingerprint density at radius 1 is 1.14 bits per heavy atom. The summed E-state index contributed by atoms with van der Waals surface area (Å²) in [4.78, 5) is 2.13. The quantitative estimate of drug-likeness (QED) is 0.502. The van der Waals surface area contributed by atoms with Crippen LogP contribution in [0.2, 0.25) is 0 Å². The van der Waals surface area contributed by atoms with Crippen molar-refractivity contribution >= 4 is 5.84 Å². The van der Waals surface area contributed by atoms with E-state index >= 15 is 0 Å². The summed E-state index contributed by atoms with van der Waals surface area (Å²) >= 11 is 0. The minimum Gasteiger partial charge on any atom is -0.376 e. The van der Waals surface area contributed by atoms with E-state index in [1.165, 1.54) is 19.3 Å². The molecule has 2 aliphatic rings. The van der Waals surface area contributed by atoms with Crippen molar-refractivity contribution in [2.24, 2.45) is 0 Å². The summed E-state index contributed by atoms with van der Waals surface area (Å²) in [6.07, 6.45) is 3.58. The lowest BCUT2D eigenvalue weighted by atomic mass is 10.1. The smallest absolute Gasteiger partial charge is 0.138 e. The lowest BCUT2D eigenvalue weighted by molar-refractivity contribution is -0.0639. The average molecular weight is 198 g/mol. The molecular weight excluding hydrogens is 180 g/mol. The number of nitrogens with one attached hydrogen (secondary N) is 1. The van der Waals surface area contributed by atoms with Gasteiger partial charge in [-0.05, 0) is 19.3 Å². The summed E-state index contributed by atoms with van der Waals surface area (Å²) < 4.78 is 10.8. The molecule has 0 aromatic carbocycles. The third kappa shape index (κ3) is 2.25. The topological polar surface area (TPSA) is 45.6 Å². The minimum atomic E-state index is -0.123. The molecule has 4 heteroatoms. The predicted octanol–water partition coefficient (Wildman–Crippen LogP) is 0.865. The second-order valence-corrected chi connectivity index (χ2v) is 3.87. The van der Waals surface area contributed by atoms with E-state index in [0.29, 0.717) is 25.7 Å². The van der Waals surface area contributed by atoms with Crippen LogP contribution in [0.4, 0.5) is 0 Å². The Hall–Kier alpha value is -0.610. The Kier molecular flexibility index (Phi) is 3.37. The molecule has 80 valence electrons. The number of hydrogen-bond acceptors (Lipinski definition) is 3. The maximum Gasteiger partial charge on any atom is 0.138 e. The largest absolute Gasteiger partial charge is 0.376 e. The van der Waals surface area contributed by atoms with Gasteiger partial charge in [0.05, 0.1) is 19.8 Å². The Morgan fingerprint density at radius 2 is 1.93 bits per heavy atom. The SMILES string of the molecule is N=C(C1COCCO1)N1CCCCC1. The Morgan fingerprint density at radius 3 is 2.57 bits per heavy atom. The monoisotopic (exact) mass is 198 g/mol. The van der Waals surface area contributed by atoms with Gasteiger partial charge < -0.3 is 14.4 Å². The summed E-state index contributed by atoms with van der Waals surface area (Å²) in [5.41, 5.74) is 0. The molecule has 1 N–H and O–H groups in total. The van der Waals surface area contributed by atoms with Gasteiger partial charge in [-0.25, -0.2) is 0 Å². The second-order valence-electron chi connectivity index (χ2n) is 3.87. The van der Waals surface area contributed by atoms with Crippen molar-refractivity contribution in [2.45, 2.75) is 25.4 Å². The number of amidine groups is 1. The highest BCUT2D eigenvalue weighted by atomic mass is 16.6. The molecule has 2 aliphatic heterocycles. The molecule has 2 heterocycles. The summed E-state index contributed by atoms with van der Waals surface area (Å²) in [6.45, 7) is 3.87. The van der Waals surface area contributed by atoms with Crippen LogP contribution in [-0.4, -0.2) is 49.7 Å². The van der Waals surface area contributed by atoms with Crippen LogP contribution < -0.4 is 0 Å². The molecule has 2 fully saturated rings. The molecule has 2 saturated heterocycles. The van der Waals surface area contributed by atoms with Gasteiger partial charge in [0.25, 0.3) is 0 Å². The molecule has 14 heavy (non-hydrogen) atoms. The first-order valence-electron chi connectivity index (χ1n) is 5.40. The van der Waals surface area contributed by atoms with Crippen molar-refractivity contribution in [3.05, 3.63) is 0 Å². The van der Waals surface area contributed by atoms with Crippen molar-refractivity contribution in [3.8, 4) is 0 Å². The van der Waals surface area contributed by atoms with Gasteiger partial charge >= 0.3 is 0 Å². The molecule has 0 amide bonds. The number of nitrogens with zero attached hydrogens (tertiary/aromatic N) is 1. The van der Waals surface area contributed by atoms with Crippen LogP contribution in [0.3, 0.4) is 0 Å². The zero-order valence-electron chi connectivity index (χ0n) is 8.50. The van der Waals surface area contributed by atoms with Crippen LogP contribution in [0, 0.1) is 5.41 Å². The van der Waals surface area contributed by atoms with E-state index in [4.69, 9.17) is 14.9 Å². The van der Waals surface area contributed by atoms with E-state index in [-0.39, 0.29) is 6.10 Å². The molecule has 0 bridgehead atoms. The first kappa shape index (κ1) is 9.93. The Balaban J connectivity index is 1.85. The highest BCUT2D eigenvalue weighted by Crippen LogP contribution is 2.12. The van der Waals surface area contributed by atoms with Crippen molar-refractivity contribution in [1.29, 1.82) is 5.41 Å². The maximum absolute atomic E-state index is 8.00. The zero-order chi connectivity index (χ0) is 9.80. The maximum atomic E-state index is 8.00.